The molecule has 5 heteroatoms. The first-order valence-electron chi connectivity index (χ1n) is 7.74. The van der Waals surface area contributed by atoms with Crippen LogP contribution in [0.5, 0.6) is 23.0 Å². The van der Waals surface area contributed by atoms with E-state index >= 15 is 0 Å². The van der Waals surface area contributed by atoms with Gasteiger partial charge in [-0.25, -0.2) is 0 Å². The Kier molecular flexibility index (Phi) is 5.16. The first kappa shape index (κ1) is 16.4. The van der Waals surface area contributed by atoms with Gasteiger partial charge in [0, 0.05) is 5.69 Å². The van der Waals surface area contributed by atoms with Crippen molar-refractivity contribution in [2.75, 3.05) is 11.9 Å². The van der Waals surface area contributed by atoms with Gasteiger partial charge in [-0.3, -0.25) is 4.79 Å². The molecule has 0 saturated heterocycles. The predicted octanol–water partition coefficient (Wildman–Crippen LogP) is 4.20. The summed E-state index contributed by atoms with van der Waals surface area (Å²) in [5.74, 6) is 1.53. The van der Waals surface area contributed by atoms with Gasteiger partial charge in [-0.2, -0.15) is 0 Å². The minimum Gasteiger partial charge on any atom is -0.508 e. The highest BCUT2D eigenvalue weighted by Crippen LogP contribution is 2.31. The zero-order chi connectivity index (χ0) is 17.5. The van der Waals surface area contributed by atoms with Crippen LogP contribution >= 0.6 is 0 Å². The van der Waals surface area contributed by atoms with Gasteiger partial charge >= 0.3 is 0 Å². The quantitative estimate of drug-likeness (QED) is 0.663. The Balaban J connectivity index is 1.61. The number of hydrogen-bond acceptors (Lipinski definition) is 4. The number of nitrogens with one attached hydrogen (secondary N) is 1. The van der Waals surface area contributed by atoms with Crippen molar-refractivity contribution in [3.05, 3.63) is 78.9 Å². The molecule has 3 aromatic carbocycles. The second-order valence-corrected chi connectivity index (χ2v) is 5.25. The maximum Gasteiger partial charge on any atom is 0.262 e. The molecule has 0 aliphatic heterocycles. The molecule has 0 aliphatic carbocycles. The number of benzene rings is 3. The summed E-state index contributed by atoms with van der Waals surface area (Å²) in [6, 6.07) is 22.7. The van der Waals surface area contributed by atoms with Crippen LogP contribution in [0.2, 0.25) is 0 Å². The van der Waals surface area contributed by atoms with Crippen LogP contribution in [0.1, 0.15) is 0 Å². The van der Waals surface area contributed by atoms with E-state index in [0.717, 1.165) is 0 Å². The molecule has 0 aliphatic rings. The molecular formula is C20H17NO4. The third-order valence-electron chi connectivity index (χ3n) is 3.33. The number of rotatable bonds is 6. The van der Waals surface area contributed by atoms with Crippen molar-refractivity contribution < 1.29 is 19.4 Å². The number of anilines is 1. The first-order chi connectivity index (χ1) is 12.2. The predicted molar refractivity (Wildman–Crippen MR) is 95.2 cm³/mol. The summed E-state index contributed by atoms with van der Waals surface area (Å²) in [5, 5.41) is 11.9. The Morgan fingerprint density at radius 3 is 2.20 bits per heavy atom. The van der Waals surface area contributed by atoms with Crippen molar-refractivity contribution in [2.45, 2.75) is 0 Å². The van der Waals surface area contributed by atoms with Gasteiger partial charge in [-0.05, 0) is 48.5 Å². The molecule has 0 fully saturated rings. The van der Waals surface area contributed by atoms with E-state index in [1.54, 1.807) is 24.3 Å². The van der Waals surface area contributed by atoms with Gasteiger partial charge in [-0.1, -0.05) is 30.3 Å². The normalized spacial score (nSPS) is 10.1. The lowest BCUT2D eigenvalue weighted by Gasteiger charge is -2.12. The number of hydrogen-bond donors (Lipinski definition) is 2. The van der Waals surface area contributed by atoms with Crippen LogP contribution in [-0.2, 0) is 4.79 Å². The number of phenols is 1. The second kappa shape index (κ2) is 7.88. The van der Waals surface area contributed by atoms with Gasteiger partial charge < -0.3 is 19.9 Å². The van der Waals surface area contributed by atoms with Gasteiger partial charge in [0.05, 0.1) is 0 Å². The summed E-state index contributed by atoms with van der Waals surface area (Å²) in [4.78, 5) is 12.0. The number of aromatic hydroxyl groups is 1. The zero-order valence-corrected chi connectivity index (χ0v) is 13.4. The molecule has 3 aromatic rings. The second-order valence-electron chi connectivity index (χ2n) is 5.25. The Morgan fingerprint density at radius 1 is 0.840 bits per heavy atom. The van der Waals surface area contributed by atoms with Crippen LogP contribution in [-0.4, -0.2) is 17.6 Å². The highest BCUT2D eigenvalue weighted by molar-refractivity contribution is 5.91. The molecule has 0 atom stereocenters. The van der Waals surface area contributed by atoms with Crippen LogP contribution in [0, 0.1) is 0 Å². The summed E-state index contributed by atoms with van der Waals surface area (Å²) in [6.45, 7) is -0.157. The van der Waals surface area contributed by atoms with Crippen molar-refractivity contribution in [1.29, 1.82) is 0 Å². The summed E-state index contributed by atoms with van der Waals surface area (Å²) >= 11 is 0. The third kappa shape index (κ3) is 4.75. The average Bonchev–Trinajstić information content (AvgIpc) is 2.64. The van der Waals surface area contributed by atoms with Crippen LogP contribution in [0.3, 0.4) is 0 Å². The zero-order valence-electron chi connectivity index (χ0n) is 13.4. The maximum atomic E-state index is 12.0. The van der Waals surface area contributed by atoms with E-state index in [1.165, 1.54) is 12.1 Å². The van der Waals surface area contributed by atoms with Crippen LogP contribution in [0.25, 0.3) is 0 Å². The Labute approximate surface area is 145 Å². The molecule has 0 saturated carbocycles. The smallest absolute Gasteiger partial charge is 0.262 e. The van der Waals surface area contributed by atoms with Crippen molar-refractivity contribution in [2.24, 2.45) is 0 Å². The first-order valence-corrected chi connectivity index (χ1v) is 7.74. The average molecular weight is 335 g/mol. The van der Waals surface area contributed by atoms with Gasteiger partial charge in [-0.15, -0.1) is 0 Å². The monoisotopic (exact) mass is 335 g/mol. The molecule has 0 aromatic heterocycles. The third-order valence-corrected chi connectivity index (χ3v) is 3.33. The highest BCUT2D eigenvalue weighted by atomic mass is 16.5. The molecule has 5 nitrogen and oxygen atoms in total. The van der Waals surface area contributed by atoms with Crippen LogP contribution < -0.4 is 14.8 Å². The topological polar surface area (TPSA) is 67.8 Å². The molecule has 3 rings (SSSR count). The molecule has 0 radical (unpaired) electrons. The largest absolute Gasteiger partial charge is 0.508 e. The standard InChI is InChI=1S/C20H17NO4/c22-16-12-10-15(11-13-16)21-20(23)14-24-18-8-4-5-9-19(18)25-17-6-2-1-3-7-17/h1-13,22H,14H2,(H,21,23). The molecule has 2 N–H and O–H groups in total. The SMILES string of the molecule is O=C(COc1ccccc1Oc1ccccc1)Nc1ccc(O)cc1. The van der Waals surface area contributed by atoms with Crippen molar-refractivity contribution >= 4 is 11.6 Å². The van der Waals surface area contributed by atoms with Crippen molar-refractivity contribution in [3.63, 3.8) is 0 Å². The molecule has 126 valence electrons. The van der Waals surface area contributed by atoms with Gasteiger partial charge in [0.1, 0.15) is 11.5 Å². The fourth-order valence-corrected chi connectivity index (χ4v) is 2.15. The molecular weight excluding hydrogens is 318 g/mol. The van der Waals surface area contributed by atoms with Crippen molar-refractivity contribution in [3.8, 4) is 23.0 Å². The van der Waals surface area contributed by atoms with E-state index in [-0.39, 0.29) is 18.3 Å². The molecule has 0 bridgehead atoms. The lowest BCUT2D eigenvalue weighted by Crippen LogP contribution is -2.20. The molecule has 25 heavy (non-hydrogen) atoms. The van der Waals surface area contributed by atoms with Crippen molar-refractivity contribution in [1.82, 2.24) is 0 Å². The van der Waals surface area contributed by atoms with E-state index in [2.05, 4.69) is 5.32 Å². The highest BCUT2D eigenvalue weighted by Gasteiger charge is 2.09. The lowest BCUT2D eigenvalue weighted by molar-refractivity contribution is -0.118. The molecule has 0 heterocycles. The number of para-hydroxylation sites is 3. The summed E-state index contributed by atoms with van der Waals surface area (Å²) in [5.41, 5.74) is 0.584. The van der Waals surface area contributed by atoms with Crippen LogP contribution in [0.15, 0.2) is 78.9 Å². The number of phenolic OH excluding ortho intramolecular Hbond substituents is 1. The summed E-state index contributed by atoms with van der Waals surface area (Å²) < 4.78 is 11.4. The van der Waals surface area contributed by atoms with E-state index in [0.29, 0.717) is 22.9 Å². The fraction of sp³-hybridized carbons (Fsp3) is 0.0500. The van der Waals surface area contributed by atoms with E-state index in [9.17, 15) is 9.90 Å². The molecule has 1 amide bonds. The Morgan fingerprint density at radius 2 is 1.48 bits per heavy atom. The minimum atomic E-state index is -0.305. The Bertz CT molecular complexity index is 832. The summed E-state index contributed by atoms with van der Waals surface area (Å²) in [6.07, 6.45) is 0. The minimum absolute atomic E-state index is 0.140. The Hall–Kier alpha value is -3.47. The maximum absolute atomic E-state index is 12.0. The van der Waals surface area contributed by atoms with Gasteiger partial charge in [0.15, 0.2) is 18.1 Å². The number of ether oxygens (including phenoxy) is 2. The number of carbonyl (C=O) groups is 1. The van der Waals surface area contributed by atoms with E-state index < -0.39 is 0 Å². The van der Waals surface area contributed by atoms with Gasteiger partial charge in [0.2, 0.25) is 0 Å². The number of carbonyl (C=O) groups excluding carboxylic acids is 1. The summed E-state index contributed by atoms with van der Waals surface area (Å²) in [7, 11) is 0. The van der Waals surface area contributed by atoms with Gasteiger partial charge in [0.25, 0.3) is 5.91 Å². The van der Waals surface area contributed by atoms with Crippen LogP contribution in [0.4, 0.5) is 5.69 Å². The number of amides is 1. The fourth-order valence-electron chi connectivity index (χ4n) is 2.15. The molecule has 0 spiro atoms. The lowest BCUT2D eigenvalue weighted by atomic mass is 10.3. The van der Waals surface area contributed by atoms with E-state index in [1.807, 2.05) is 42.5 Å². The van der Waals surface area contributed by atoms with E-state index in [4.69, 9.17) is 9.47 Å². The molecule has 0 unspecified atom stereocenters.